The van der Waals surface area contributed by atoms with Crippen LogP contribution in [-0.4, -0.2) is 18.3 Å². The molecule has 1 heterocycles. The zero-order chi connectivity index (χ0) is 13.9. The molecule has 19 heavy (non-hydrogen) atoms. The maximum atomic E-state index is 4.62. The summed E-state index contributed by atoms with van der Waals surface area (Å²) in [6, 6.07) is 10.6. The number of nitrogens with zero attached hydrogens (tertiary/aromatic N) is 1. The van der Waals surface area contributed by atoms with Crippen LogP contribution in [0.5, 0.6) is 0 Å². The van der Waals surface area contributed by atoms with Crippen LogP contribution in [0.15, 0.2) is 35.3 Å². The SMILES string of the molecule is CC(CNC1=NCC(c2ccccc2)S1)C(C)(C)C. The Morgan fingerprint density at radius 1 is 1.32 bits per heavy atom. The maximum absolute atomic E-state index is 4.62. The summed E-state index contributed by atoms with van der Waals surface area (Å²) in [7, 11) is 0. The van der Waals surface area contributed by atoms with Gasteiger partial charge in [0.1, 0.15) is 0 Å². The van der Waals surface area contributed by atoms with Crippen molar-refractivity contribution in [1.82, 2.24) is 5.32 Å². The zero-order valence-corrected chi connectivity index (χ0v) is 13.1. The van der Waals surface area contributed by atoms with E-state index in [0.29, 0.717) is 16.6 Å². The third-order valence-electron chi connectivity index (χ3n) is 3.86. The topological polar surface area (TPSA) is 24.4 Å². The van der Waals surface area contributed by atoms with E-state index in [1.165, 1.54) is 5.56 Å². The van der Waals surface area contributed by atoms with Crippen LogP contribution < -0.4 is 5.32 Å². The van der Waals surface area contributed by atoms with Gasteiger partial charge in [0.2, 0.25) is 0 Å². The highest BCUT2D eigenvalue weighted by Gasteiger charge is 2.23. The fraction of sp³-hybridized carbons (Fsp3) is 0.562. The number of aliphatic imine (C=N–C) groups is 1. The predicted molar refractivity (Wildman–Crippen MR) is 85.7 cm³/mol. The molecule has 0 spiro atoms. The highest BCUT2D eigenvalue weighted by molar-refractivity contribution is 8.14. The van der Waals surface area contributed by atoms with Crippen molar-refractivity contribution in [3.63, 3.8) is 0 Å². The minimum Gasteiger partial charge on any atom is -0.365 e. The molecule has 2 unspecified atom stereocenters. The summed E-state index contributed by atoms with van der Waals surface area (Å²) in [6.45, 7) is 11.0. The van der Waals surface area contributed by atoms with Crippen LogP contribution in [0.4, 0.5) is 0 Å². The average molecular weight is 276 g/mol. The molecule has 104 valence electrons. The summed E-state index contributed by atoms with van der Waals surface area (Å²) in [6.07, 6.45) is 0. The van der Waals surface area contributed by atoms with Crippen molar-refractivity contribution in [3.05, 3.63) is 35.9 Å². The van der Waals surface area contributed by atoms with Gasteiger partial charge in [-0.3, -0.25) is 4.99 Å². The van der Waals surface area contributed by atoms with Gasteiger partial charge in [0, 0.05) is 6.54 Å². The van der Waals surface area contributed by atoms with Gasteiger partial charge in [0.05, 0.1) is 11.8 Å². The second-order valence-corrected chi connectivity index (χ2v) is 7.50. The van der Waals surface area contributed by atoms with Gasteiger partial charge in [0.25, 0.3) is 0 Å². The molecule has 1 N–H and O–H groups in total. The molecule has 0 bridgehead atoms. The van der Waals surface area contributed by atoms with Gasteiger partial charge in [-0.25, -0.2) is 0 Å². The Kier molecular flexibility index (Phi) is 4.56. The van der Waals surface area contributed by atoms with Crippen LogP contribution in [0.3, 0.4) is 0 Å². The van der Waals surface area contributed by atoms with E-state index >= 15 is 0 Å². The third-order valence-corrected chi connectivity index (χ3v) is 5.07. The molecule has 0 aromatic heterocycles. The van der Waals surface area contributed by atoms with Crippen molar-refractivity contribution in [2.75, 3.05) is 13.1 Å². The Balaban J connectivity index is 1.83. The monoisotopic (exact) mass is 276 g/mol. The largest absolute Gasteiger partial charge is 0.365 e. The number of rotatable bonds is 3. The molecule has 2 rings (SSSR count). The Labute approximate surface area is 121 Å². The molecule has 2 nitrogen and oxygen atoms in total. The summed E-state index contributed by atoms with van der Waals surface area (Å²) in [5.74, 6) is 0.631. The Morgan fingerprint density at radius 3 is 2.63 bits per heavy atom. The first-order valence-electron chi connectivity index (χ1n) is 6.97. The molecule has 0 saturated heterocycles. The Morgan fingerprint density at radius 2 is 2.00 bits per heavy atom. The first-order valence-corrected chi connectivity index (χ1v) is 7.84. The predicted octanol–water partition coefficient (Wildman–Crippen LogP) is 4.10. The molecule has 1 aromatic carbocycles. The second kappa shape index (κ2) is 6.00. The molecule has 0 fully saturated rings. The standard InChI is InChI=1S/C16H24N2S/c1-12(16(2,3)4)10-17-15-18-11-14(19-15)13-8-6-5-7-9-13/h5-9,12,14H,10-11H2,1-4H3,(H,17,18). The van der Waals surface area contributed by atoms with Gasteiger partial charge in [-0.15, -0.1) is 0 Å². The van der Waals surface area contributed by atoms with Gasteiger partial charge in [-0.1, -0.05) is 69.8 Å². The number of nitrogens with one attached hydrogen (secondary N) is 1. The molecule has 3 heteroatoms. The Hall–Kier alpha value is -0.960. The van der Waals surface area contributed by atoms with E-state index in [1.54, 1.807) is 0 Å². The molecule has 2 atom stereocenters. The fourth-order valence-corrected chi connectivity index (χ4v) is 2.89. The van der Waals surface area contributed by atoms with E-state index < -0.39 is 0 Å². The van der Waals surface area contributed by atoms with E-state index in [9.17, 15) is 0 Å². The molecular formula is C16H24N2S. The quantitative estimate of drug-likeness (QED) is 0.898. The van der Waals surface area contributed by atoms with Crippen molar-refractivity contribution in [1.29, 1.82) is 0 Å². The lowest BCUT2D eigenvalue weighted by Crippen LogP contribution is -2.31. The summed E-state index contributed by atoms with van der Waals surface area (Å²) in [5.41, 5.74) is 1.72. The van der Waals surface area contributed by atoms with Crippen molar-refractivity contribution in [2.45, 2.75) is 32.9 Å². The van der Waals surface area contributed by atoms with Gasteiger partial charge >= 0.3 is 0 Å². The number of amidine groups is 1. The molecule has 0 aliphatic carbocycles. The highest BCUT2D eigenvalue weighted by Crippen LogP contribution is 2.34. The van der Waals surface area contributed by atoms with Crippen LogP contribution in [0.1, 0.15) is 38.5 Å². The van der Waals surface area contributed by atoms with Crippen LogP contribution in [-0.2, 0) is 0 Å². The smallest absolute Gasteiger partial charge is 0.157 e. The Bertz CT molecular complexity index is 434. The number of hydrogen-bond donors (Lipinski definition) is 1. The lowest BCUT2D eigenvalue weighted by Gasteiger charge is -2.27. The van der Waals surface area contributed by atoms with Crippen LogP contribution in [0, 0.1) is 11.3 Å². The van der Waals surface area contributed by atoms with Gasteiger partial charge < -0.3 is 5.32 Å². The van der Waals surface area contributed by atoms with E-state index in [4.69, 9.17) is 0 Å². The summed E-state index contributed by atoms with van der Waals surface area (Å²) in [4.78, 5) is 4.62. The van der Waals surface area contributed by atoms with Crippen LogP contribution in [0.2, 0.25) is 0 Å². The molecule has 1 aromatic rings. The molecule has 0 saturated carbocycles. The number of hydrogen-bond acceptors (Lipinski definition) is 3. The summed E-state index contributed by atoms with van der Waals surface area (Å²) >= 11 is 1.86. The minimum atomic E-state index is 0.343. The van der Waals surface area contributed by atoms with E-state index in [-0.39, 0.29) is 0 Å². The zero-order valence-electron chi connectivity index (χ0n) is 12.3. The van der Waals surface area contributed by atoms with Crippen molar-refractivity contribution in [3.8, 4) is 0 Å². The van der Waals surface area contributed by atoms with E-state index in [0.717, 1.165) is 18.3 Å². The molecule has 0 radical (unpaired) electrons. The molecule has 1 aliphatic rings. The van der Waals surface area contributed by atoms with Gasteiger partial charge in [-0.2, -0.15) is 0 Å². The van der Waals surface area contributed by atoms with Crippen molar-refractivity contribution in [2.24, 2.45) is 16.3 Å². The van der Waals surface area contributed by atoms with E-state index in [2.05, 4.69) is 68.3 Å². The lowest BCUT2D eigenvalue weighted by molar-refractivity contribution is 0.262. The van der Waals surface area contributed by atoms with Crippen molar-refractivity contribution >= 4 is 16.9 Å². The first-order chi connectivity index (χ1) is 8.97. The average Bonchev–Trinajstić information content (AvgIpc) is 2.84. The summed E-state index contributed by atoms with van der Waals surface area (Å²) in [5, 5.41) is 5.08. The van der Waals surface area contributed by atoms with Crippen LogP contribution >= 0.6 is 11.8 Å². The fourth-order valence-electron chi connectivity index (χ4n) is 1.86. The third kappa shape index (κ3) is 4.00. The second-order valence-electron chi connectivity index (χ2n) is 6.31. The first kappa shape index (κ1) is 14.4. The number of benzene rings is 1. The van der Waals surface area contributed by atoms with Gasteiger partial charge in [-0.05, 0) is 16.9 Å². The molecule has 0 amide bonds. The molecule has 1 aliphatic heterocycles. The highest BCUT2D eigenvalue weighted by atomic mass is 32.2. The van der Waals surface area contributed by atoms with Crippen LogP contribution in [0.25, 0.3) is 0 Å². The molecular weight excluding hydrogens is 252 g/mol. The maximum Gasteiger partial charge on any atom is 0.157 e. The van der Waals surface area contributed by atoms with Gasteiger partial charge in [0.15, 0.2) is 5.17 Å². The normalized spacial score (nSPS) is 21.1. The van der Waals surface area contributed by atoms with E-state index in [1.807, 2.05) is 11.8 Å². The minimum absolute atomic E-state index is 0.343. The van der Waals surface area contributed by atoms with Crippen molar-refractivity contribution < 1.29 is 0 Å². The number of thioether (sulfide) groups is 1. The lowest BCUT2D eigenvalue weighted by atomic mass is 9.82. The summed E-state index contributed by atoms with van der Waals surface area (Å²) < 4.78 is 0.